The van der Waals surface area contributed by atoms with Crippen LogP contribution in [0.4, 0.5) is 0 Å². The van der Waals surface area contributed by atoms with Gasteiger partial charge in [0.25, 0.3) is 0 Å². The second-order valence-electron chi connectivity index (χ2n) is 6.05. The van der Waals surface area contributed by atoms with Gasteiger partial charge in [-0.05, 0) is 58.0 Å². The fourth-order valence-corrected chi connectivity index (χ4v) is 2.86. The summed E-state index contributed by atoms with van der Waals surface area (Å²) in [6, 6.07) is 1.31. The van der Waals surface area contributed by atoms with Crippen LogP contribution in [0, 0.1) is 11.8 Å². The molecule has 1 aliphatic carbocycles. The second-order valence-corrected chi connectivity index (χ2v) is 6.05. The zero-order chi connectivity index (χ0) is 12.3. The summed E-state index contributed by atoms with van der Waals surface area (Å²) in [7, 11) is 1.81. The SMILES string of the molecule is COCC(NCC1CCN(C(C)C)C1)C1CC1. The van der Waals surface area contributed by atoms with E-state index in [1.807, 2.05) is 7.11 Å². The monoisotopic (exact) mass is 240 g/mol. The molecule has 0 aromatic heterocycles. The quantitative estimate of drug-likeness (QED) is 0.733. The Kier molecular flexibility index (Phi) is 4.83. The highest BCUT2D eigenvalue weighted by Gasteiger charge is 2.32. The van der Waals surface area contributed by atoms with Gasteiger partial charge in [-0.25, -0.2) is 0 Å². The first kappa shape index (κ1) is 13.3. The largest absolute Gasteiger partial charge is 0.383 e. The Morgan fingerprint density at radius 1 is 1.29 bits per heavy atom. The maximum Gasteiger partial charge on any atom is 0.0618 e. The van der Waals surface area contributed by atoms with Crippen LogP contribution in [0.2, 0.25) is 0 Å². The summed E-state index contributed by atoms with van der Waals surface area (Å²) >= 11 is 0. The van der Waals surface area contributed by atoms with E-state index in [9.17, 15) is 0 Å². The topological polar surface area (TPSA) is 24.5 Å². The summed E-state index contributed by atoms with van der Waals surface area (Å²) in [5, 5.41) is 3.73. The molecule has 1 N–H and O–H groups in total. The van der Waals surface area contributed by atoms with E-state index in [1.54, 1.807) is 0 Å². The van der Waals surface area contributed by atoms with Crippen molar-refractivity contribution in [2.45, 2.75) is 45.2 Å². The minimum Gasteiger partial charge on any atom is -0.383 e. The van der Waals surface area contributed by atoms with Gasteiger partial charge in [0.2, 0.25) is 0 Å². The normalized spacial score (nSPS) is 27.9. The third-order valence-electron chi connectivity index (χ3n) is 4.25. The molecule has 2 aliphatic rings. The van der Waals surface area contributed by atoms with Gasteiger partial charge < -0.3 is 15.0 Å². The number of hydrogen-bond donors (Lipinski definition) is 1. The van der Waals surface area contributed by atoms with Gasteiger partial charge in [-0.3, -0.25) is 0 Å². The molecule has 1 saturated heterocycles. The van der Waals surface area contributed by atoms with Gasteiger partial charge in [0.05, 0.1) is 6.61 Å². The predicted octanol–water partition coefficient (Wildman–Crippen LogP) is 1.73. The van der Waals surface area contributed by atoms with Gasteiger partial charge in [-0.1, -0.05) is 0 Å². The standard InChI is InChI=1S/C14H28N2O/c1-11(2)16-7-6-12(9-16)8-15-14(10-17-3)13-4-5-13/h11-15H,4-10H2,1-3H3. The molecule has 0 amide bonds. The Bertz CT molecular complexity index is 228. The van der Waals surface area contributed by atoms with Crippen molar-refractivity contribution in [3.8, 4) is 0 Å². The minimum atomic E-state index is 0.605. The lowest BCUT2D eigenvalue weighted by Gasteiger charge is -2.22. The maximum absolute atomic E-state index is 5.31. The fourth-order valence-electron chi connectivity index (χ4n) is 2.86. The smallest absolute Gasteiger partial charge is 0.0618 e. The molecule has 3 heteroatoms. The summed E-state index contributed by atoms with van der Waals surface area (Å²) in [5.41, 5.74) is 0. The van der Waals surface area contributed by atoms with Crippen molar-refractivity contribution in [1.82, 2.24) is 10.2 Å². The Morgan fingerprint density at radius 3 is 2.59 bits per heavy atom. The first-order valence-corrected chi connectivity index (χ1v) is 7.17. The number of hydrogen-bond acceptors (Lipinski definition) is 3. The van der Waals surface area contributed by atoms with Gasteiger partial charge in [0.15, 0.2) is 0 Å². The van der Waals surface area contributed by atoms with Gasteiger partial charge >= 0.3 is 0 Å². The van der Waals surface area contributed by atoms with Crippen LogP contribution in [-0.2, 0) is 4.74 Å². The van der Waals surface area contributed by atoms with E-state index in [1.165, 1.54) is 38.9 Å². The molecule has 3 nitrogen and oxygen atoms in total. The summed E-state index contributed by atoms with van der Waals surface area (Å²) in [5.74, 6) is 1.73. The molecule has 0 aromatic rings. The highest BCUT2D eigenvalue weighted by Crippen LogP contribution is 2.33. The molecule has 17 heavy (non-hydrogen) atoms. The number of likely N-dealkylation sites (tertiary alicyclic amines) is 1. The van der Waals surface area contributed by atoms with E-state index in [0.29, 0.717) is 12.1 Å². The van der Waals surface area contributed by atoms with E-state index < -0.39 is 0 Å². The number of ether oxygens (including phenoxy) is 1. The summed E-state index contributed by atoms with van der Waals surface area (Å²) in [6.45, 7) is 9.21. The predicted molar refractivity (Wildman–Crippen MR) is 71.2 cm³/mol. The Balaban J connectivity index is 1.67. The number of methoxy groups -OCH3 is 1. The summed E-state index contributed by atoms with van der Waals surface area (Å²) in [6.07, 6.45) is 4.14. The summed E-state index contributed by atoms with van der Waals surface area (Å²) < 4.78 is 5.31. The minimum absolute atomic E-state index is 0.605. The first-order chi connectivity index (χ1) is 8.20. The zero-order valence-electron chi connectivity index (χ0n) is 11.6. The molecule has 2 fully saturated rings. The van der Waals surface area contributed by atoms with Crippen LogP contribution < -0.4 is 5.32 Å². The van der Waals surface area contributed by atoms with E-state index in [-0.39, 0.29) is 0 Å². The molecule has 0 aromatic carbocycles. The second kappa shape index (κ2) is 6.17. The molecule has 1 heterocycles. The van der Waals surface area contributed by atoms with Crippen molar-refractivity contribution >= 4 is 0 Å². The number of nitrogens with one attached hydrogen (secondary N) is 1. The molecule has 2 rings (SSSR count). The summed E-state index contributed by atoms with van der Waals surface area (Å²) in [4.78, 5) is 2.59. The van der Waals surface area contributed by atoms with Crippen LogP contribution in [0.15, 0.2) is 0 Å². The van der Waals surface area contributed by atoms with E-state index in [4.69, 9.17) is 4.74 Å². The molecule has 2 unspecified atom stereocenters. The van der Waals surface area contributed by atoms with Crippen LogP contribution in [-0.4, -0.2) is 50.3 Å². The lowest BCUT2D eigenvalue weighted by atomic mass is 10.1. The van der Waals surface area contributed by atoms with Crippen LogP contribution in [0.3, 0.4) is 0 Å². The van der Waals surface area contributed by atoms with Crippen LogP contribution in [0.1, 0.15) is 33.1 Å². The van der Waals surface area contributed by atoms with Gasteiger partial charge in [0.1, 0.15) is 0 Å². The van der Waals surface area contributed by atoms with E-state index >= 15 is 0 Å². The van der Waals surface area contributed by atoms with E-state index in [0.717, 1.165) is 18.4 Å². The van der Waals surface area contributed by atoms with Gasteiger partial charge in [-0.15, -0.1) is 0 Å². The third-order valence-corrected chi connectivity index (χ3v) is 4.25. The lowest BCUT2D eigenvalue weighted by molar-refractivity contribution is 0.154. The molecule has 0 radical (unpaired) electrons. The van der Waals surface area contributed by atoms with Gasteiger partial charge in [0, 0.05) is 25.7 Å². The van der Waals surface area contributed by atoms with Crippen molar-refractivity contribution in [2.24, 2.45) is 11.8 Å². The molecule has 1 aliphatic heterocycles. The third kappa shape index (κ3) is 3.94. The number of nitrogens with zero attached hydrogens (tertiary/aromatic N) is 1. The number of rotatable bonds is 7. The highest BCUT2D eigenvalue weighted by molar-refractivity contribution is 4.88. The fraction of sp³-hybridized carbons (Fsp3) is 1.00. The highest BCUT2D eigenvalue weighted by atomic mass is 16.5. The van der Waals surface area contributed by atoms with Crippen LogP contribution in [0.5, 0.6) is 0 Å². The van der Waals surface area contributed by atoms with Crippen molar-refractivity contribution in [3.05, 3.63) is 0 Å². The Hall–Kier alpha value is -0.120. The Labute approximate surface area is 106 Å². The molecule has 0 spiro atoms. The van der Waals surface area contributed by atoms with E-state index in [2.05, 4.69) is 24.1 Å². The molecule has 1 saturated carbocycles. The van der Waals surface area contributed by atoms with Crippen molar-refractivity contribution in [3.63, 3.8) is 0 Å². The zero-order valence-corrected chi connectivity index (χ0v) is 11.6. The Morgan fingerprint density at radius 2 is 2.06 bits per heavy atom. The molecule has 0 bridgehead atoms. The van der Waals surface area contributed by atoms with Crippen molar-refractivity contribution in [2.75, 3.05) is 33.4 Å². The lowest BCUT2D eigenvalue weighted by Crippen LogP contribution is -2.39. The first-order valence-electron chi connectivity index (χ1n) is 7.17. The van der Waals surface area contributed by atoms with Crippen molar-refractivity contribution in [1.29, 1.82) is 0 Å². The maximum atomic E-state index is 5.31. The molecular weight excluding hydrogens is 212 g/mol. The molecule has 2 atom stereocenters. The molecule has 100 valence electrons. The average molecular weight is 240 g/mol. The van der Waals surface area contributed by atoms with Crippen molar-refractivity contribution < 1.29 is 4.74 Å². The molecular formula is C14H28N2O. The van der Waals surface area contributed by atoms with Crippen LogP contribution in [0.25, 0.3) is 0 Å². The average Bonchev–Trinajstić information content (AvgIpc) is 3.02. The van der Waals surface area contributed by atoms with Gasteiger partial charge in [-0.2, -0.15) is 0 Å². The van der Waals surface area contributed by atoms with Crippen LogP contribution >= 0.6 is 0 Å².